The van der Waals surface area contributed by atoms with Crippen LogP contribution in [0.3, 0.4) is 0 Å². The average molecular weight is 344 g/mol. The number of aromatic hydroxyl groups is 1. The Morgan fingerprint density at radius 1 is 1.12 bits per heavy atom. The molecule has 2 amide bonds. The van der Waals surface area contributed by atoms with Gasteiger partial charge in [-0.2, -0.15) is 0 Å². The molecule has 2 atom stereocenters. The second-order valence-electron chi connectivity index (χ2n) is 5.03. The van der Waals surface area contributed by atoms with E-state index in [1.165, 1.54) is 30.3 Å². The van der Waals surface area contributed by atoms with Crippen LogP contribution in [0.4, 0.5) is 11.4 Å². The van der Waals surface area contributed by atoms with Gasteiger partial charge in [-0.1, -0.05) is 18.2 Å². The maximum atomic E-state index is 12.5. The van der Waals surface area contributed by atoms with Crippen molar-refractivity contribution in [2.45, 2.75) is 10.1 Å². The molecule has 2 aromatic carbocycles. The van der Waals surface area contributed by atoms with Crippen molar-refractivity contribution in [2.75, 3.05) is 10.6 Å². The van der Waals surface area contributed by atoms with Crippen LogP contribution in [0.5, 0.6) is 5.75 Å². The minimum absolute atomic E-state index is 0.0897. The zero-order valence-electron chi connectivity index (χ0n) is 12.2. The van der Waals surface area contributed by atoms with Crippen molar-refractivity contribution in [1.29, 1.82) is 0 Å². The van der Waals surface area contributed by atoms with E-state index in [1.807, 2.05) is 0 Å². The van der Waals surface area contributed by atoms with Gasteiger partial charge in [0, 0.05) is 11.8 Å². The standard InChI is InChI=1S/C16H12N2O5S/c19-10-5-3-4-9(8-10)17-15(21)13(20)14-16(22)18-11-6-1-2-7-12(11)24(14)23/h1-8,14,19H,(H,17,21)(H,18,22)/t14-,24-/m1/s1. The fraction of sp³-hybridized carbons (Fsp3) is 0.0625. The van der Waals surface area contributed by atoms with Crippen molar-refractivity contribution in [2.24, 2.45) is 0 Å². The van der Waals surface area contributed by atoms with E-state index >= 15 is 0 Å². The number of fused-ring (bicyclic) bond motifs is 1. The molecular formula is C16H12N2O5S. The SMILES string of the molecule is O=C(Nc1cccc(O)c1)C(=O)[C@@H]1C(=O)Nc2ccccc2[S@]1=O. The molecule has 0 radical (unpaired) electrons. The number of amides is 2. The van der Waals surface area contributed by atoms with Crippen LogP contribution in [0.15, 0.2) is 53.4 Å². The molecule has 8 heteroatoms. The summed E-state index contributed by atoms with van der Waals surface area (Å²) in [6.45, 7) is 0. The van der Waals surface area contributed by atoms with E-state index in [0.717, 1.165) is 0 Å². The fourth-order valence-corrected chi connectivity index (χ4v) is 3.64. The molecule has 0 aliphatic carbocycles. The Hall–Kier alpha value is -3.00. The lowest BCUT2D eigenvalue weighted by Crippen LogP contribution is -2.46. The first-order chi connectivity index (χ1) is 11.5. The Labute approximate surface area is 139 Å². The van der Waals surface area contributed by atoms with Crippen molar-refractivity contribution >= 4 is 39.8 Å². The topological polar surface area (TPSA) is 113 Å². The highest BCUT2D eigenvalue weighted by atomic mass is 32.2. The molecular weight excluding hydrogens is 332 g/mol. The summed E-state index contributed by atoms with van der Waals surface area (Å²) in [7, 11) is -1.97. The second kappa shape index (κ2) is 6.25. The van der Waals surface area contributed by atoms with Gasteiger partial charge < -0.3 is 15.7 Å². The summed E-state index contributed by atoms with van der Waals surface area (Å²) in [5, 5.41) is 12.5. The fourth-order valence-electron chi connectivity index (χ4n) is 2.28. The molecule has 0 saturated carbocycles. The number of phenols is 1. The van der Waals surface area contributed by atoms with E-state index < -0.39 is 33.6 Å². The summed E-state index contributed by atoms with van der Waals surface area (Å²) in [4.78, 5) is 36.7. The van der Waals surface area contributed by atoms with E-state index in [0.29, 0.717) is 10.6 Å². The van der Waals surface area contributed by atoms with Crippen molar-refractivity contribution < 1.29 is 23.7 Å². The molecule has 2 aromatic rings. The average Bonchev–Trinajstić information content (AvgIpc) is 2.54. The molecule has 0 bridgehead atoms. The summed E-state index contributed by atoms with van der Waals surface area (Å²) in [5.74, 6) is -3.06. The molecule has 24 heavy (non-hydrogen) atoms. The van der Waals surface area contributed by atoms with Gasteiger partial charge in [0.15, 0.2) is 5.25 Å². The number of para-hydroxylation sites is 1. The summed E-state index contributed by atoms with van der Waals surface area (Å²) < 4.78 is 12.5. The van der Waals surface area contributed by atoms with Crippen LogP contribution in [-0.2, 0) is 25.2 Å². The Balaban J connectivity index is 1.83. The third kappa shape index (κ3) is 2.91. The minimum atomic E-state index is -1.97. The molecule has 1 aliphatic rings. The van der Waals surface area contributed by atoms with E-state index in [4.69, 9.17) is 0 Å². The monoisotopic (exact) mass is 344 g/mol. The van der Waals surface area contributed by atoms with Gasteiger partial charge >= 0.3 is 0 Å². The van der Waals surface area contributed by atoms with Gasteiger partial charge in [0.05, 0.1) is 21.4 Å². The Morgan fingerprint density at radius 2 is 1.88 bits per heavy atom. The van der Waals surface area contributed by atoms with E-state index in [2.05, 4.69) is 10.6 Å². The van der Waals surface area contributed by atoms with Gasteiger partial charge in [0.2, 0.25) is 11.7 Å². The highest BCUT2D eigenvalue weighted by Crippen LogP contribution is 2.27. The molecule has 1 heterocycles. The molecule has 0 unspecified atom stereocenters. The van der Waals surface area contributed by atoms with Gasteiger partial charge in [-0.05, 0) is 24.3 Å². The van der Waals surface area contributed by atoms with Crippen LogP contribution >= 0.6 is 0 Å². The number of ketones is 1. The molecule has 1 aliphatic heterocycles. The van der Waals surface area contributed by atoms with Crippen LogP contribution < -0.4 is 10.6 Å². The molecule has 7 nitrogen and oxygen atoms in total. The number of hydrogen-bond acceptors (Lipinski definition) is 5. The van der Waals surface area contributed by atoms with Crippen molar-refractivity contribution in [3.63, 3.8) is 0 Å². The Kier molecular flexibility index (Phi) is 4.13. The van der Waals surface area contributed by atoms with Gasteiger partial charge in [-0.15, -0.1) is 0 Å². The zero-order valence-corrected chi connectivity index (χ0v) is 13.0. The second-order valence-corrected chi connectivity index (χ2v) is 6.54. The molecule has 122 valence electrons. The summed E-state index contributed by atoms with van der Waals surface area (Å²) >= 11 is 0. The van der Waals surface area contributed by atoms with Crippen molar-refractivity contribution in [3.05, 3.63) is 48.5 Å². The summed E-state index contributed by atoms with van der Waals surface area (Å²) in [5.41, 5.74) is 0.550. The first-order valence-electron chi connectivity index (χ1n) is 6.92. The number of carbonyl (C=O) groups is 3. The predicted octanol–water partition coefficient (Wildman–Crippen LogP) is 1.03. The van der Waals surface area contributed by atoms with Crippen molar-refractivity contribution in [1.82, 2.24) is 0 Å². The lowest BCUT2D eigenvalue weighted by molar-refractivity contribution is -0.136. The van der Waals surface area contributed by atoms with Gasteiger partial charge in [0.1, 0.15) is 5.75 Å². The van der Waals surface area contributed by atoms with Gasteiger partial charge in [-0.25, -0.2) is 0 Å². The Morgan fingerprint density at radius 3 is 2.62 bits per heavy atom. The largest absolute Gasteiger partial charge is 0.508 e. The first kappa shape index (κ1) is 15.9. The van der Waals surface area contributed by atoms with Crippen LogP contribution in [0, 0.1) is 0 Å². The number of hydrogen-bond donors (Lipinski definition) is 3. The van der Waals surface area contributed by atoms with Crippen LogP contribution in [0.1, 0.15) is 0 Å². The minimum Gasteiger partial charge on any atom is -0.508 e. The molecule has 0 aromatic heterocycles. The number of nitrogens with one attached hydrogen (secondary N) is 2. The number of anilines is 2. The number of rotatable bonds is 3. The van der Waals surface area contributed by atoms with Gasteiger partial charge in [-0.3, -0.25) is 18.6 Å². The molecule has 3 rings (SSSR count). The van der Waals surface area contributed by atoms with E-state index in [-0.39, 0.29) is 11.4 Å². The van der Waals surface area contributed by atoms with E-state index in [1.54, 1.807) is 18.2 Å². The number of benzene rings is 2. The third-order valence-electron chi connectivity index (χ3n) is 3.38. The lowest BCUT2D eigenvalue weighted by atomic mass is 10.2. The molecule has 3 N–H and O–H groups in total. The number of phenolic OH excluding ortho intramolecular Hbond substituents is 1. The van der Waals surface area contributed by atoms with E-state index in [9.17, 15) is 23.7 Å². The quantitative estimate of drug-likeness (QED) is 0.569. The van der Waals surface area contributed by atoms with Crippen molar-refractivity contribution in [3.8, 4) is 5.75 Å². The van der Waals surface area contributed by atoms with Crippen LogP contribution in [0.2, 0.25) is 0 Å². The number of carbonyl (C=O) groups excluding carboxylic acids is 3. The molecule has 0 fully saturated rings. The normalized spacial score (nSPS) is 19.1. The smallest absolute Gasteiger partial charge is 0.293 e. The number of Topliss-reactive ketones (excluding diaryl/α,β-unsaturated/α-hetero) is 1. The maximum absolute atomic E-state index is 12.5. The van der Waals surface area contributed by atoms with Gasteiger partial charge in [0.25, 0.3) is 5.91 Å². The highest BCUT2D eigenvalue weighted by molar-refractivity contribution is 7.87. The first-order valence-corrected chi connectivity index (χ1v) is 8.13. The maximum Gasteiger partial charge on any atom is 0.293 e. The van der Waals surface area contributed by atoms with Crippen LogP contribution in [0.25, 0.3) is 0 Å². The molecule has 0 spiro atoms. The third-order valence-corrected chi connectivity index (χ3v) is 5.03. The zero-order chi connectivity index (χ0) is 17.3. The highest BCUT2D eigenvalue weighted by Gasteiger charge is 2.41. The predicted molar refractivity (Wildman–Crippen MR) is 87.0 cm³/mol. The van der Waals surface area contributed by atoms with Crippen LogP contribution in [-0.4, -0.2) is 32.2 Å². The molecule has 0 saturated heterocycles. The Bertz CT molecular complexity index is 880. The summed E-state index contributed by atoms with van der Waals surface area (Å²) in [6, 6.07) is 12.0. The lowest BCUT2D eigenvalue weighted by Gasteiger charge is -2.22. The summed E-state index contributed by atoms with van der Waals surface area (Å²) in [6.07, 6.45) is 0.